The zero-order valence-corrected chi connectivity index (χ0v) is 19.7. The number of hydrogen-bond acceptors (Lipinski definition) is 8. The lowest BCUT2D eigenvalue weighted by Crippen LogP contribution is -2.57. The molecule has 1 unspecified atom stereocenters. The highest BCUT2D eigenvalue weighted by molar-refractivity contribution is 9.10. The number of Topliss-reactive ketones (excluding diaryl/α,β-unsaturated/α-hetero) is 2. The highest BCUT2D eigenvalue weighted by Crippen LogP contribution is 2.61. The van der Waals surface area contributed by atoms with Gasteiger partial charge in [0.2, 0.25) is 5.78 Å². The average molecular weight is 507 g/mol. The molecule has 9 heteroatoms. The number of esters is 2. The first-order valence-corrected chi connectivity index (χ1v) is 11.4. The van der Waals surface area contributed by atoms with Gasteiger partial charge in [-0.15, -0.1) is 0 Å². The first-order valence-electron chi connectivity index (χ1n) is 10.5. The molecule has 4 aliphatic rings. The molecule has 5 rings (SSSR count). The van der Waals surface area contributed by atoms with Gasteiger partial charge in [-0.3, -0.25) is 14.4 Å². The van der Waals surface area contributed by atoms with Crippen molar-refractivity contribution in [1.82, 2.24) is 0 Å². The van der Waals surface area contributed by atoms with E-state index in [2.05, 4.69) is 15.9 Å². The molecule has 0 spiro atoms. The topological polar surface area (TPSA) is 109 Å². The maximum Gasteiger partial charge on any atom is 0.342 e. The van der Waals surface area contributed by atoms with Crippen LogP contribution < -0.4 is 0 Å². The number of carbonyl (C=O) groups excluding carboxylic acids is 4. The SMILES string of the molecule is COC[C@H]1OC(=O)c2coc3c2[C@@]1(C)C1=C(C3=O)C2C[C@@H](Br)C(=O)[C@@]2(C)C[C@H]1OC(C)=O. The fraction of sp³-hybridized carbons (Fsp3) is 0.565. The van der Waals surface area contributed by atoms with E-state index in [4.69, 9.17) is 18.6 Å². The number of carbonyl (C=O) groups is 4. The number of fused-ring (bicyclic) bond motifs is 3. The number of halogens is 1. The summed E-state index contributed by atoms with van der Waals surface area (Å²) in [5.41, 5.74) is -0.256. The molecule has 0 saturated heterocycles. The van der Waals surface area contributed by atoms with Crippen molar-refractivity contribution in [3.8, 4) is 0 Å². The second-order valence-corrected chi connectivity index (χ2v) is 10.5. The van der Waals surface area contributed by atoms with E-state index in [1.165, 1.54) is 20.3 Å². The van der Waals surface area contributed by atoms with E-state index >= 15 is 0 Å². The molecule has 32 heavy (non-hydrogen) atoms. The number of furan rings is 1. The molecule has 0 N–H and O–H groups in total. The zero-order valence-electron chi connectivity index (χ0n) is 18.2. The van der Waals surface area contributed by atoms with Gasteiger partial charge in [-0.1, -0.05) is 22.9 Å². The summed E-state index contributed by atoms with van der Waals surface area (Å²) in [6.07, 6.45) is 0.349. The van der Waals surface area contributed by atoms with Gasteiger partial charge in [-0.05, 0) is 18.9 Å². The molecule has 0 amide bonds. The van der Waals surface area contributed by atoms with Gasteiger partial charge in [0.1, 0.15) is 24.0 Å². The third kappa shape index (κ3) is 2.52. The number of ketones is 2. The number of alkyl halides is 1. The second kappa shape index (κ2) is 6.87. The summed E-state index contributed by atoms with van der Waals surface area (Å²) >= 11 is 3.47. The van der Waals surface area contributed by atoms with Gasteiger partial charge in [0.25, 0.3) is 0 Å². The van der Waals surface area contributed by atoms with Crippen molar-refractivity contribution in [2.45, 2.75) is 56.1 Å². The molecule has 1 aromatic heterocycles. The summed E-state index contributed by atoms with van der Waals surface area (Å²) in [5.74, 6) is -1.79. The molecular weight excluding hydrogens is 484 g/mol. The van der Waals surface area contributed by atoms with Gasteiger partial charge in [-0.25, -0.2) is 4.79 Å². The Morgan fingerprint density at radius 1 is 1.28 bits per heavy atom. The molecule has 0 bridgehead atoms. The first kappa shape index (κ1) is 21.6. The third-order valence-electron chi connectivity index (χ3n) is 7.69. The molecule has 8 nitrogen and oxygen atoms in total. The van der Waals surface area contributed by atoms with Crippen LogP contribution in [0.5, 0.6) is 0 Å². The van der Waals surface area contributed by atoms with Gasteiger partial charge in [0, 0.05) is 42.9 Å². The third-order valence-corrected chi connectivity index (χ3v) is 8.48. The number of allylic oxidation sites excluding steroid dienone is 1. The highest BCUT2D eigenvalue weighted by Gasteiger charge is 2.65. The maximum absolute atomic E-state index is 13.8. The Labute approximate surface area is 192 Å². The van der Waals surface area contributed by atoms with E-state index in [1.807, 2.05) is 13.8 Å². The van der Waals surface area contributed by atoms with Crippen molar-refractivity contribution < 1.29 is 37.8 Å². The number of methoxy groups -OCH3 is 1. The van der Waals surface area contributed by atoms with Crippen LogP contribution in [0.25, 0.3) is 0 Å². The van der Waals surface area contributed by atoms with Crippen molar-refractivity contribution in [2.75, 3.05) is 13.7 Å². The molecule has 170 valence electrons. The predicted molar refractivity (Wildman–Crippen MR) is 113 cm³/mol. The van der Waals surface area contributed by atoms with E-state index in [1.54, 1.807) is 0 Å². The monoisotopic (exact) mass is 506 g/mol. The number of cyclic esters (lactones) is 1. The van der Waals surface area contributed by atoms with E-state index in [-0.39, 0.29) is 41.8 Å². The molecule has 2 heterocycles. The maximum atomic E-state index is 13.8. The average Bonchev–Trinajstić information content (AvgIpc) is 3.26. The Hall–Kier alpha value is -2.26. The lowest BCUT2D eigenvalue weighted by atomic mass is 9.54. The Morgan fingerprint density at radius 3 is 2.66 bits per heavy atom. The van der Waals surface area contributed by atoms with Crippen LogP contribution >= 0.6 is 15.9 Å². The fourth-order valence-electron chi connectivity index (χ4n) is 6.27. The van der Waals surface area contributed by atoms with Crippen LogP contribution in [-0.2, 0) is 29.2 Å². The quantitative estimate of drug-likeness (QED) is 0.454. The Morgan fingerprint density at radius 2 is 2.00 bits per heavy atom. The van der Waals surface area contributed by atoms with Crippen molar-refractivity contribution in [1.29, 1.82) is 0 Å². The van der Waals surface area contributed by atoms with Crippen molar-refractivity contribution >= 4 is 39.4 Å². The summed E-state index contributed by atoms with van der Waals surface area (Å²) in [7, 11) is 1.50. The summed E-state index contributed by atoms with van der Waals surface area (Å²) in [6.45, 7) is 5.07. The Kier molecular flexibility index (Phi) is 4.63. The lowest BCUT2D eigenvalue weighted by molar-refractivity contribution is -0.149. The van der Waals surface area contributed by atoms with Crippen molar-refractivity contribution in [3.05, 3.63) is 34.3 Å². The molecule has 1 fully saturated rings. The van der Waals surface area contributed by atoms with Crippen molar-refractivity contribution in [3.63, 3.8) is 0 Å². The van der Waals surface area contributed by atoms with Crippen molar-refractivity contribution in [2.24, 2.45) is 11.3 Å². The van der Waals surface area contributed by atoms with Gasteiger partial charge >= 0.3 is 11.9 Å². The molecule has 0 aromatic carbocycles. The molecule has 0 radical (unpaired) electrons. The van der Waals surface area contributed by atoms with Gasteiger partial charge in [0.05, 0.1) is 16.8 Å². The van der Waals surface area contributed by atoms with Gasteiger partial charge < -0.3 is 18.6 Å². The zero-order chi connectivity index (χ0) is 23.2. The summed E-state index contributed by atoms with van der Waals surface area (Å²) < 4.78 is 22.5. The fourth-order valence-corrected chi connectivity index (χ4v) is 7.17. The minimum Gasteiger partial charge on any atom is -0.460 e. The Bertz CT molecular complexity index is 1120. The van der Waals surface area contributed by atoms with Crippen LogP contribution in [0.15, 0.2) is 21.8 Å². The summed E-state index contributed by atoms with van der Waals surface area (Å²) in [4.78, 5) is 51.3. The number of hydrogen-bond donors (Lipinski definition) is 0. The van der Waals surface area contributed by atoms with Crippen LogP contribution in [0, 0.1) is 11.3 Å². The van der Waals surface area contributed by atoms with E-state index in [9.17, 15) is 19.2 Å². The van der Waals surface area contributed by atoms with E-state index in [0.717, 1.165) is 0 Å². The van der Waals surface area contributed by atoms with Crippen LogP contribution in [0.4, 0.5) is 0 Å². The minimum absolute atomic E-state index is 0.0152. The molecule has 3 aliphatic carbocycles. The van der Waals surface area contributed by atoms with Gasteiger partial charge in [0.15, 0.2) is 11.5 Å². The van der Waals surface area contributed by atoms with Crippen LogP contribution in [-0.4, -0.2) is 54.3 Å². The van der Waals surface area contributed by atoms with Crippen LogP contribution in [0.2, 0.25) is 0 Å². The molecule has 1 aliphatic heterocycles. The lowest BCUT2D eigenvalue weighted by Gasteiger charge is -2.51. The normalized spacial score (nSPS) is 37.6. The summed E-state index contributed by atoms with van der Waals surface area (Å²) in [6, 6.07) is 0. The van der Waals surface area contributed by atoms with Gasteiger partial charge in [-0.2, -0.15) is 0 Å². The number of ether oxygens (including phenoxy) is 3. The largest absolute Gasteiger partial charge is 0.460 e. The standard InChI is InChI=1S/C23H23BrO8/c1-9(25)31-13-6-22(2)11(5-12(24)20(22)27)15-17(13)23(3)14(8-29-4)32-21(28)10-7-30-19(16(10)23)18(15)26/h7,11-14H,5-6,8H2,1-4H3/t11?,12-,13-,14-,22+,23+/m1/s1. The van der Waals surface area contributed by atoms with E-state index < -0.39 is 39.8 Å². The summed E-state index contributed by atoms with van der Waals surface area (Å²) in [5, 5.41) is 0. The first-order chi connectivity index (χ1) is 15.1. The Balaban J connectivity index is 1.82. The van der Waals surface area contributed by atoms with Crippen LogP contribution in [0.3, 0.4) is 0 Å². The second-order valence-electron chi connectivity index (χ2n) is 9.40. The minimum atomic E-state index is -1.01. The predicted octanol–water partition coefficient (Wildman–Crippen LogP) is 2.91. The molecular formula is C23H23BrO8. The number of rotatable bonds is 3. The molecule has 6 atom stereocenters. The van der Waals surface area contributed by atoms with E-state index in [0.29, 0.717) is 23.1 Å². The molecule has 1 saturated carbocycles. The van der Waals surface area contributed by atoms with Crippen LogP contribution in [0.1, 0.15) is 60.1 Å². The molecule has 1 aromatic rings. The highest BCUT2D eigenvalue weighted by atomic mass is 79.9. The smallest absolute Gasteiger partial charge is 0.342 e.